The van der Waals surface area contributed by atoms with Crippen molar-refractivity contribution in [3.8, 4) is 5.75 Å². The van der Waals surface area contributed by atoms with Crippen molar-refractivity contribution in [2.75, 3.05) is 0 Å². The van der Waals surface area contributed by atoms with E-state index >= 15 is 0 Å². The van der Waals surface area contributed by atoms with Gasteiger partial charge in [0.2, 0.25) is 0 Å². The molecule has 0 bridgehead atoms. The Morgan fingerprint density at radius 3 is 2.40 bits per heavy atom. The van der Waals surface area contributed by atoms with Gasteiger partial charge in [0.05, 0.1) is 6.26 Å². The third-order valence-electron chi connectivity index (χ3n) is 3.64. The van der Waals surface area contributed by atoms with Gasteiger partial charge in [-0.15, -0.1) is 0 Å². The second-order valence-corrected chi connectivity index (χ2v) is 16.7. The summed E-state index contributed by atoms with van der Waals surface area (Å²) in [6.07, 6.45) is 12.1. The van der Waals surface area contributed by atoms with Crippen LogP contribution in [-0.2, 0) is 18.4 Å². The van der Waals surface area contributed by atoms with Crippen molar-refractivity contribution in [1.82, 2.24) is 0 Å². The minimum absolute atomic E-state index is 0.290. The van der Waals surface area contributed by atoms with Gasteiger partial charge in [-0.25, -0.2) is 0 Å². The van der Waals surface area contributed by atoms with Crippen molar-refractivity contribution >= 4 is 12.7 Å². The van der Waals surface area contributed by atoms with Gasteiger partial charge in [-0.2, -0.15) is 0 Å². The Kier molecular flexibility index (Phi) is 8.75. The molecule has 1 aliphatic rings. The van der Waals surface area contributed by atoms with Crippen LogP contribution in [0.3, 0.4) is 0 Å². The quantitative estimate of drug-likeness (QED) is 0.351. The van der Waals surface area contributed by atoms with Crippen LogP contribution in [0.25, 0.3) is 6.08 Å². The Hall–Kier alpha value is -1.61. The van der Waals surface area contributed by atoms with Gasteiger partial charge in [-0.05, 0) is 25.1 Å². The van der Waals surface area contributed by atoms with Crippen molar-refractivity contribution < 1.29 is 23.1 Å². The predicted molar refractivity (Wildman–Crippen MR) is 108 cm³/mol. The van der Waals surface area contributed by atoms with Crippen LogP contribution in [0, 0.1) is 0 Å². The molecular formula is C22H26OSiTi. The summed E-state index contributed by atoms with van der Waals surface area (Å²) >= 11 is 0.290. The maximum absolute atomic E-state index is 5.28. The summed E-state index contributed by atoms with van der Waals surface area (Å²) in [6, 6.07) is 18.5. The molecule has 0 N–H and O–H groups in total. The normalized spacial score (nSPS) is 15.3. The number of benzene rings is 2. The van der Waals surface area contributed by atoms with Gasteiger partial charge in [0.15, 0.2) is 0 Å². The molecule has 0 aliphatic heterocycles. The average Bonchev–Trinajstić information content (AvgIpc) is 3.03. The van der Waals surface area contributed by atoms with E-state index < -0.39 is 0 Å². The first-order valence-corrected chi connectivity index (χ1v) is 15.2. The Labute approximate surface area is 161 Å². The fourth-order valence-corrected chi connectivity index (χ4v) is 8.82. The van der Waals surface area contributed by atoms with E-state index in [-0.39, 0.29) is 6.66 Å². The van der Waals surface area contributed by atoms with E-state index in [9.17, 15) is 0 Å². The van der Waals surface area contributed by atoms with Crippen LogP contribution in [-0.4, -0.2) is 6.66 Å². The summed E-state index contributed by atoms with van der Waals surface area (Å²) in [5.41, 5.74) is 3.06. The van der Waals surface area contributed by atoms with E-state index in [4.69, 9.17) is 4.74 Å². The molecular weight excluding hydrogens is 356 g/mol. The molecule has 0 saturated heterocycles. The molecule has 0 spiro atoms. The summed E-state index contributed by atoms with van der Waals surface area (Å²) < 4.78 is 6.13. The van der Waals surface area contributed by atoms with Gasteiger partial charge >= 0.3 is 89.9 Å². The number of hydrogen-bond donors (Lipinski definition) is 0. The second-order valence-electron chi connectivity index (χ2n) is 6.07. The molecule has 25 heavy (non-hydrogen) atoms. The van der Waals surface area contributed by atoms with Crippen LogP contribution < -0.4 is 4.74 Å². The van der Waals surface area contributed by atoms with E-state index in [2.05, 4.69) is 49.5 Å². The molecule has 128 valence electrons. The van der Waals surface area contributed by atoms with Crippen molar-refractivity contribution in [3.05, 3.63) is 96.3 Å². The van der Waals surface area contributed by atoms with E-state index in [0.717, 1.165) is 9.97 Å². The SMILES string of the molecule is CC=CC=COc1ccccc1.C[SiH](C)[Ti][CH]1C=Cc2ccccc21. The van der Waals surface area contributed by atoms with Gasteiger partial charge in [0.1, 0.15) is 5.75 Å². The Balaban J connectivity index is 0.000000181. The van der Waals surface area contributed by atoms with Gasteiger partial charge in [-0.1, -0.05) is 30.4 Å². The number of fused-ring (bicyclic) bond motifs is 1. The summed E-state index contributed by atoms with van der Waals surface area (Å²) in [6.45, 7) is 6.62. The maximum atomic E-state index is 5.28. The molecule has 1 unspecified atom stereocenters. The molecule has 0 heterocycles. The van der Waals surface area contributed by atoms with Gasteiger partial charge in [0, 0.05) is 0 Å². The molecule has 0 fully saturated rings. The van der Waals surface area contributed by atoms with Crippen LogP contribution in [0.5, 0.6) is 5.75 Å². The van der Waals surface area contributed by atoms with E-state index in [1.165, 1.54) is 5.56 Å². The third-order valence-corrected chi connectivity index (χ3v) is 10.3. The van der Waals surface area contributed by atoms with E-state index in [1.807, 2.05) is 55.5 Å². The fourth-order valence-electron chi connectivity index (χ4n) is 2.53. The number of hydrogen-bond acceptors (Lipinski definition) is 1. The Morgan fingerprint density at radius 2 is 1.68 bits per heavy atom. The molecule has 2 aromatic rings. The Bertz CT molecular complexity index is 720. The van der Waals surface area contributed by atoms with Crippen LogP contribution in [0.15, 0.2) is 85.2 Å². The van der Waals surface area contributed by atoms with Crippen molar-refractivity contribution in [3.63, 3.8) is 0 Å². The van der Waals surface area contributed by atoms with E-state index in [1.54, 1.807) is 11.8 Å². The molecule has 3 heteroatoms. The molecule has 1 atom stereocenters. The standard InChI is InChI=1S/C11H12O.C9H7.C2H7Si.Ti/c1-2-3-7-10-12-11-8-5-4-6-9-11;1-2-5-9-7-3-6-8(9)4-1;1-3-2;/h2-10H,1H3;1-7H;3H,1-2H3;. The monoisotopic (exact) mass is 382 g/mol. The van der Waals surface area contributed by atoms with Gasteiger partial charge in [0.25, 0.3) is 0 Å². The van der Waals surface area contributed by atoms with Crippen molar-refractivity contribution in [2.24, 2.45) is 0 Å². The molecule has 0 radical (unpaired) electrons. The van der Waals surface area contributed by atoms with Crippen LogP contribution in [0.1, 0.15) is 22.3 Å². The average molecular weight is 382 g/mol. The minimum atomic E-state index is -0.309. The molecule has 1 aliphatic carbocycles. The first-order chi connectivity index (χ1) is 12.2. The molecule has 0 aromatic heterocycles. The zero-order valence-electron chi connectivity index (χ0n) is 15.2. The van der Waals surface area contributed by atoms with Crippen LogP contribution >= 0.6 is 0 Å². The molecule has 2 aromatic carbocycles. The van der Waals surface area contributed by atoms with Crippen LogP contribution in [0.2, 0.25) is 13.1 Å². The zero-order chi connectivity index (χ0) is 17.9. The number of ether oxygens (including phenoxy) is 1. The third kappa shape index (κ3) is 7.03. The van der Waals surface area contributed by atoms with Crippen molar-refractivity contribution in [2.45, 2.75) is 24.2 Å². The first kappa shape index (κ1) is 19.7. The Morgan fingerprint density at radius 1 is 0.960 bits per heavy atom. The summed E-state index contributed by atoms with van der Waals surface area (Å²) in [5.74, 6) is 0.859. The van der Waals surface area contributed by atoms with Gasteiger partial charge in [-0.3, -0.25) is 0 Å². The number of rotatable bonds is 5. The van der Waals surface area contributed by atoms with Crippen LogP contribution in [0.4, 0.5) is 0 Å². The predicted octanol–water partition coefficient (Wildman–Crippen LogP) is 5.98. The summed E-state index contributed by atoms with van der Waals surface area (Å²) in [7, 11) is 0. The summed E-state index contributed by atoms with van der Waals surface area (Å²) in [4.78, 5) is 0. The number of allylic oxidation sites excluding steroid dienone is 4. The second kappa shape index (κ2) is 11.1. The molecule has 3 rings (SSSR count). The fraction of sp³-hybridized carbons (Fsp3) is 0.182. The van der Waals surface area contributed by atoms with E-state index in [0.29, 0.717) is 18.4 Å². The number of para-hydroxylation sites is 1. The topological polar surface area (TPSA) is 9.23 Å². The molecule has 0 amide bonds. The first-order valence-electron chi connectivity index (χ1n) is 8.73. The molecule has 1 nitrogen and oxygen atoms in total. The summed E-state index contributed by atoms with van der Waals surface area (Å²) in [5, 5.41) is 0. The van der Waals surface area contributed by atoms with Gasteiger partial charge < -0.3 is 4.74 Å². The van der Waals surface area contributed by atoms with Crippen molar-refractivity contribution in [1.29, 1.82) is 0 Å². The molecule has 0 saturated carbocycles. The zero-order valence-corrected chi connectivity index (χ0v) is 17.9.